The lowest BCUT2D eigenvalue weighted by Gasteiger charge is -2.22. The summed E-state index contributed by atoms with van der Waals surface area (Å²) in [5.74, 6) is 0.691. The van der Waals surface area contributed by atoms with Gasteiger partial charge < -0.3 is 9.64 Å². The monoisotopic (exact) mass is 248 g/mol. The van der Waals surface area contributed by atoms with Gasteiger partial charge in [-0.3, -0.25) is 10.1 Å². The van der Waals surface area contributed by atoms with E-state index in [-0.39, 0.29) is 10.6 Å². The molecule has 0 aromatic heterocycles. The van der Waals surface area contributed by atoms with E-state index in [4.69, 9.17) is 4.74 Å². The zero-order chi connectivity index (χ0) is 13.1. The van der Waals surface area contributed by atoms with E-state index in [1.54, 1.807) is 19.2 Å². The molecule has 0 spiro atoms. The van der Waals surface area contributed by atoms with Gasteiger partial charge >= 0.3 is 0 Å². The molecule has 0 unspecified atom stereocenters. The number of non-ortho nitro benzene ring substituents is 1. The second-order valence-electron chi connectivity index (χ2n) is 4.38. The maximum absolute atomic E-state index is 10.8. The van der Waals surface area contributed by atoms with Gasteiger partial charge in [-0.05, 0) is 25.1 Å². The van der Waals surface area contributed by atoms with Crippen molar-refractivity contribution in [3.05, 3.63) is 40.0 Å². The van der Waals surface area contributed by atoms with Gasteiger partial charge in [0, 0.05) is 30.8 Å². The second-order valence-corrected chi connectivity index (χ2v) is 4.38. The first-order valence-electron chi connectivity index (χ1n) is 5.82. The molecule has 1 aliphatic heterocycles. The quantitative estimate of drug-likeness (QED) is 0.608. The molecular weight excluding hydrogens is 232 g/mol. The van der Waals surface area contributed by atoms with Crippen LogP contribution in [0.15, 0.2) is 24.3 Å². The van der Waals surface area contributed by atoms with Crippen molar-refractivity contribution < 1.29 is 9.66 Å². The number of methoxy groups -OCH3 is 1. The molecular formula is C13H16N2O3. The summed E-state index contributed by atoms with van der Waals surface area (Å²) in [6.45, 7) is 1.82. The third-order valence-electron chi connectivity index (χ3n) is 3.15. The van der Waals surface area contributed by atoms with Gasteiger partial charge in [-0.15, -0.1) is 0 Å². The highest BCUT2D eigenvalue weighted by Gasteiger charge is 2.17. The largest absolute Gasteiger partial charge is 0.496 e. The van der Waals surface area contributed by atoms with Crippen LogP contribution < -0.4 is 4.74 Å². The van der Waals surface area contributed by atoms with Crippen molar-refractivity contribution in [2.45, 2.75) is 6.42 Å². The molecule has 0 fully saturated rings. The van der Waals surface area contributed by atoms with Crippen LogP contribution in [0.1, 0.15) is 12.0 Å². The number of likely N-dealkylation sites (N-methyl/N-ethyl adjacent to an activating group) is 1. The first kappa shape index (κ1) is 12.6. The van der Waals surface area contributed by atoms with Crippen LogP contribution in [-0.4, -0.2) is 37.1 Å². The number of hydrogen-bond donors (Lipinski definition) is 0. The third kappa shape index (κ3) is 2.51. The van der Waals surface area contributed by atoms with Crippen LogP contribution in [0, 0.1) is 10.1 Å². The van der Waals surface area contributed by atoms with Crippen molar-refractivity contribution >= 4 is 11.3 Å². The molecule has 0 atom stereocenters. The second kappa shape index (κ2) is 5.18. The summed E-state index contributed by atoms with van der Waals surface area (Å²) in [4.78, 5) is 12.6. The molecule has 0 saturated carbocycles. The normalized spacial score (nSPS) is 16.2. The minimum Gasteiger partial charge on any atom is -0.496 e. The Morgan fingerprint density at radius 3 is 2.78 bits per heavy atom. The molecule has 2 rings (SSSR count). The van der Waals surface area contributed by atoms with E-state index in [0.29, 0.717) is 5.75 Å². The Hall–Kier alpha value is -1.88. The minimum atomic E-state index is -0.377. The molecule has 5 heteroatoms. The van der Waals surface area contributed by atoms with Gasteiger partial charge in [-0.2, -0.15) is 0 Å². The molecule has 5 nitrogen and oxygen atoms in total. The highest BCUT2D eigenvalue weighted by Crippen LogP contribution is 2.32. The van der Waals surface area contributed by atoms with Gasteiger partial charge in [-0.1, -0.05) is 6.08 Å². The number of nitro benzene ring substituents is 1. The van der Waals surface area contributed by atoms with Gasteiger partial charge in [-0.25, -0.2) is 0 Å². The first-order chi connectivity index (χ1) is 8.61. The zero-order valence-corrected chi connectivity index (χ0v) is 10.5. The summed E-state index contributed by atoms with van der Waals surface area (Å²) >= 11 is 0. The molecule has 18 heavy (non-hydrogen) atoms. The van der Waals surface area contributed by atoms with Gasteiger partial charge in [0.25, 0.3) is 5.69 Å². The molecule has 96 valence electrons. The van der Waals surface area contributed by atoms with E-state index >= 15 is 0 Å². The molecule has 1 aliphatic rings. The van der Waals surface area contributed by atoms with Crippen molar-refractivity contribution in [1.82, 2.24) is 4.90 Å². The molecule has 0 saturated heterocycles. The lowest BCUT2D eigenvalue weighted by molar-refractivity contribution is -0.384. The molecule has 1 aromatic rings. The number of ether oxygens (including phenoxy) is 1. The summed E-state index contributed by atoms with van der Waals surface area (Å²) in [6, 6.07) is 4.72. The number of nitrogens with zero attached hydrogens (tertiary/aromatic N) is 2. The Balaban J connectivity index is 2.41. The summed E-state index contributed by atoms with van der Waals surface area (Å²) in [7, 11) is 3.64. The van der Waals surface area contributed by atoms with Crippen LogP contribution in [0.25, 0.3) is 5.57 Å². The van der Waals surface area contributed by atoms with E-state index in [9.17, 15) is 10.1 Å². The summed E-state index contributed by atoms with van der Waals surface area (Å²) in [5.41, 5.74) is 2.05. The van der Waals surface area contributed by atoms with Crippen LogP contribution >= 0.6 is 0 Å². The number of hydrogen-bond acceptors (Lipinski definition) is 4. The van der Waals surface area contributed by atoms with Crippen LogP contribution in [0.5, 0.6) is 5.75 Å². The molecule has 0 aliphatic carbocycles. The highest BCUT2D eigenvalue weighted by molar-refractivity contribution is 5.73. The fourth-order valence-corrected chi connectivity index (χ4v) is 2.08. The van der Waals surface area contributed by atoms with E-state index in [1.165, 1.54) is 6.07 Å². The van der Waals surface area contributed by atoms with Gasteiger partial charge in [0.15, 0.2) is 0 Å². The van der Waals surface area contributed by atoms with Crippen molar-refractivity contribution in [2.24, 2.45) is 0 Å². The summed E-state index contributed by atoms with van der Waals surface area (Å²) < 4.78 is 5.28. The minimum absolute atomic E-state index is 0.102. The van der Waals surface area contributed by atoms with Crippen LogP contribution in [0.4, 0.5) is 5.69 Å². The Morgan fingerprint density at radius 1 is 1.44 bits per heavy atom. The third-order valence-corrected chi connectivity index (χ3v) is 3.15. The van der Waals surface area contributed by atoms with E-state index in [0.717, 1.165) is 30.6 Å². The molecule has 0 amide bonds. The average Bonchev–Trinajstić information content (AvgIpc) is 2.39. The van der Waals surface area contributed by atoms with Crippen molar-refractivity contribution in [2.75, 3.05) is 27.2 Å². The number of nitro groups is 1. The zero-order valence-electron chi connectivity index (χ0n) is 10.5. The Bertz CT molecular complexity index is 497. The number of benzene rings is 1. The van der Waals surface area contributed by atoms with Crippen LogP contribution in [0.3, 0.4) is 0 Å². The standard InChI is InChI=1S/C13H16N2O3/c1-14-7-5-10(6-8-14)12-9-11(15(16)17)3-4-13(12)18-2/h3-5,9H,6-8H2,1-2H3. The Kier molecular flexibility index (Phi) is 3.62. The Labute approximate surface area is 106 Å². The maximum Gasteiger partial charge on any atom is 0.270 e. The topological polar surface area (TPSA) is 55.6 Å². The van der Waals surface area contributed by atoms with Crippen molar-refractivity contribution in [3.63, 3.8) is 0 Å². The van der Waals surface area contributed by atoms with Crippen LogP contribution in [0.2, 0.25) is 0 Å². The van der Waals surface area contributed by atoms with Gasteiger partial charge in [0.1, 0.15) is 5.75 Å². The molecule has 0 N–H and O–H groups in total. The highest BCUT2D eigenvalue weighted by atomic mass is 16.6. The van der Waals surface area contributed by atoms with Gasteiger partial charge in [0.05, 0.1) is 12.0 Å². The first-order valence-corrected chi connectivity index (χ1v) is 5.82. The van der Waals surface area contributed by atoms with Crippen molar-refractivity contribution in [3.8, 4) is 5.75 Å². The lowest BCUT2D eigenvalue weighted by Crippen LogP contribution is -2.23. The Morgan fingerprint density at radius 2 is 2.22 bits per heavy atom. The lowest BCUT2D eigenvalue weighted by atomic mass is 9.98. The van der Waals surface area contributed by atoms with E-state index in [1.807, 2.05) is 0 Å². The van der Waals surface area contributed by atoms with Gasteiger partial charge in [0.2, 0.25) is 0 Å². The van der Waals surface area contributed by atoms with E-state index < -0.39 is 0 Å². The SMILES string of the molecule is COc1ccc([N+](=O)[O-])cc1C1=CCN(C)CC1. The maximum atomic E-state index is 10.8. The average molecular weight is 248 g/mol. The van der Waals surface area contributed by atoms with E-state index in [2.05, 4.69) is 18.0 Å². The summed E-state index contributed by atoms with van der Waals surface area (Å²) in [6.07, 6.45) is 2.99. The fourth-order valence-electron chi connectivity index (χ4n) is 2.08. The fraction of sp³-hybridized carbons (Fsp3) is 0.385. The predicted octanol–water partition coefficient (Wildman–Crippen LogP) is 2.32. The molecule has 1 heterocycles. The molecule has 0 radical (unpaired) electrons. The molecule has 0 bridgehead atoms. The predicted molar refractivity (Wildman–Crippen MR) is 69.7 cm³/mol. The smallest absolute Gasteiger partial charge is 0.270 e. The van der Waals surface area contributed by atoms with Crippen molar-refractivity contribution in [1.29, 1.82) is 0 Å². The van der Waals surface area contributed by atoms with Crippen LogP contribution in [-0.2, 0) is 0 Å². The summed E-state index contributed by atoms with van der Waals surface area (Å²) in [5, 5.41) is 10.8. The molecule has 1 aromatic carbocycles. The number of rotatable bonds is 3.